The number of nitrogens with zero attached hydrogens (tertiary/aromatic N) is 1. The highest BCUT2D eigenvalue weighted by Gasteiger charge is 2.34. The Morgan fingerprint density at radius 2 is 1.80 bits per heavy atom. The fourth-order valence-corrected chi connectivity index (χ4v) is 3.07. The van der Waals surface area contributed by atoms with Gasteiger partial charge in [0, 0.05) is 12.2 Å². The molecule has 136 valence electrons. The first-order valence-electron chi connectivity index (χ1n) is 8.70. The maximum Gasteiger partial charge on any atom is 0.328 e. The Balaban J connectivity index is 2.26. The maximum atomic E-state index is 13.0. The number of hydrogen-bond acceptors (Lipinski definition) is 4. The van der Waals surface area contributed by atoms with Crippen molar-refractivity contribution in [2.45, 2.75) is 46.2 Å². The van der Waals surface area contributed by atoms with Crippen LogP contribution in [0.1, 0.15) is 34.1 Å². The van der Waals surface area contributed by atoms with E-state index in [2.05, 4.69) is 24.1 Å². The van der Waals surface area contributed by atoms with Crippen molar-refractivity contribution in [1.82, 2.24) is 5.32 Å². The number of anilines is 1. The fraction of sp³-hybridized carbons (Fsp3) is 0.500. The predicted octanol–water partition coefficient (Wildman–Crippen LogP) is 2.92. The molecule has 0 spiro atoms. The van der Waals surface area contributed by atoms with E-state index in [-0.39, 0.29) is 17.9 Å². The molecule has 0 aliphatic carbocycles. The summed E-state index contributed by atoms with van der Waals surface area (Å²) in [5.41, 5.74) is 3.52. The van der Waals surface area contributed by atoms with Gasteiger partial charge < -0.3 is 15.0 Å². The van der Waals surface area contributed by atoms with Crippen LogP contribution in [0.25, 0.3) is 0 Å². The number of nitrogens with one attached hydrogen (secondary N) is 1. The van der Waals surface area contributed by atoms with Gasteiger partial charge in [0.1, 0.15) is 12.1 Å². The van der Waals surface area contributed by atoms with Gasteiger partial charge in [-0.1, -0.05) is 43.2 Å². The predicted molar refractivity (Wildman–Crippen MR) is 99.4 cm³/mol. The van der Waals surface area contributed by atoms with E-state index in [0.717, 1.165) is 5.69 Å². The molecule has 1 aromatic carbocycles. The average Bonchev–Trinajstić information content (AvgIpc) is 2.61. The molecule has 1 heterocycles. The van der Waals surface area contributed by atoms with Crippen molar-refractivity contribution in [3.8, 4) is 0 Å². The number of esters is 1. The Morgan fingerprint density at radius 3 is 2.36 bits per heavy atom. The summed E-state index contributed by atoms with van der Waals surface area (Å²) in [4.78, 5) is 27.1. The van der Waals surface area contributed by atoms with Crippen LogP contribution in [0.15, 0.2) is 41.5 Å². The van der Waals surface area contributed by atoms with Crippen LogP contribution in [0.5, 0.6) is 0 Å². The molecule has 1 amide bonds. The zero-order valence-electron chi connectivity index (χ0n) is 15.7. The van der Waals surface area contributed by atoms with E-state index in [0.29, 0.717) is 13.0 Å². The Labute approximate surface area is 150 Å². The smallest absolute Gasteiger partial charge is 0.328 e. The lowest BCUT2D eigenvalue weighted by atomic mass is 9.94. The highest BCUT2D eigenvalue weighted by Crippen LogP contribution is 2.28. The van der Waals surface area contributed by atoms with Crippen LogP contribution in [0.4, 0.5) is 5.69 Å². The van der Waals surface area contributed by atoms with Gasteiger partial charge in [0.2, 0.25) is 5.91 Å². The molecule has 1 N–H and O–H groups in total. The monoisotopic (exact) mass is 344 g/mol. The van der Waals surface area contributed by atoms with Crippen LogP contribution in [-0.2, 0) is 14.3 Å². The van der Waals surface area contributed by atoms with Crippen LogP contribution in [0.2, 0.25) is 0 Å². The third-order valence-electron chi connectivity index (χ3n) is 4.82. The number of carbonyl (C=O) groups is 2. The molecule has 1 aromatic rings. The van der Waals surface area contributed by atoms with Gasteiger partial charge in [0.15, 0.2) is 0 Å². The number of para-hydroxylation sites is 1. The Hall–Kier alpha value is -2.30. The van der Waals surface area contributed by atoms with Crippen LogP contribution in [0, 0.1) is 5.92 Å². The number of hydrogen-bond donors (Lipinski definition) is 1. The van der Waals surface area contributed by atoms with Crippen molar-refractivity contribution >= 4 is 17.6 Å². The van der Waals surface area contributed by atoms with Gasteiger partial charge in [0.25, 0.3) is 0 Å². The van der Waals surface area contributed by atoms with Crippen molar-refractivity contribution < 1.29 is 14.3 Å². The Morgan fingerprint density at radius 1 is 1.16 bits per heavy atom. The van der Waals surface area contributed by atoms with Crippen LogP contribution in [0.3, 0.4) is 0 Å². The Kier molecular flexibility index (Phi) is 6.23. The third-order valence-corrected chi connectivity index (χ3v) is 4.82. The lowest BCUT2D eigenvalue weighted by molar-refractivity contribution is -0.146. The lowest BCUT2D eigenvalue weighted by Crippen LogP contribution is -2.55. The van der Waals surface area contributed by atoms with Crippen molar-refractivity contribution in [3.05, 3.63) is 41.5 Å². The molecule has 1 aliphatic heterocycles. The van der Waals surface area contributed by atoms with E-state index in [1.807, 2.05) is 44.2 Å². The first kappa shape index (κ1) is 19.0. The number of ether oxygens (including phenoxy) is 1. The quantitative estimate of drug-likeness (QED) is 0.659. The fourth-order valence-electron chi connectivity index (χ4n) is 3.07. The minimum Gasteiger partial charge on any atom is -0.467 e. The summed E-state index contributed by atoms with van der Waals surface area (Å²) in [6.45, 7) is 8.67. The van der Waals surface area contributed by atoms with Gasteiger partial charge >= 0.3 is 5.97 Å². The van der Waals surface area contributed by atoms with Crippen molar-refractivity contribution in [1.29, 1.82) is 0 Å². The number of amides is 1. The molecule has 0 fully saturated rings. The van der Waals surface area contributed by atoms with Crippen molar-refractivity contribution in [2.24, 2.45) is 5.92 Å². The standard InChI is InChI=1S/C20H28N2O3/c1-13(2)18(20(24)25-5)21-19(23)17-11-14(3)15(4)12-22(17)16-9-7-6-8-10-16/h6-10,13,17-18H,11-12H2,1-5H3,(H,21,23)/t17-,18+/m0/s1. The minimum absolute atomic E-state index is 0.0384. The highest BCUT2D eigenvalue weighted by molar-refractivity contribution is 5.90. The van der Waals surface area contributed by atoms with Gasteiger partial charge in [-0.15, -0.1) is 0 Å². The molecule has 0 aromatic heterocycles. The number of rotatable bonds is 5. The summed E-state index contributed by atoms with van der Waals surface area (Å²) < 4.78 is 4.83. The topological polar surface area (TPSA) is 58.6 Å². The SMILES string of the molecule is COC(=O)[C@H](NC(=O)[C@@H]1CC(C)=C(C)CN1c1ccccc1)C(C)C. The second kappa shape index (κ2) is 8.19. The molecule has 1 aliphatic rings. The third kappa shape index (κ3) is 4.41. The second-order valence-electron chi connectivity index (χ2n) is 7.00. The zero-order valence-corrected chi connectivity index (χ0v) is 15.7. The molecule has 0 unspecified atom stereocenters. The molecule has 2 atom stereocenters. The first-order chi connectivity index (χ1) is 11.8. The molecule has 0 bridgehead atoms. The van der Waals surface area contributed by atoms with E-state index in [1.165, 1.54) is 18.3 Å². The van der Waals surface area contributed by atoms with Gasteiger partial charge in [-0.25, -0.2) is 4.79 Å². The van der Waals surface area contributed by atoms with Crippen LogP contribution in [-0.4, -0.2) is 37.6 Å². The Bertz CT molecular complexity index is 652. The molecular weight excluding hydrogens is 316 g/mol. The summed E-state index contributed by atoms with van der Waals surface area (Å²) >= 11 is 0. The number of carbonyl (C=O) groups excluding carboxylic acids is 2. The second-order valence-corrected chi connectivity index (χ2v) is 7.00. The molecular formula is C20H28N2O3. The molecule has 0 radical (unpaired) electrons. The van der Waals surface area contributed by atoms with Crippen molar-refractivity contribution in [2.75, 3.05) is 18.6 Å². The molecule has 0 saturated heterocycles. The number of methoxy groups -OCH3 is 1. The van der Waals surface area contributed by atoms with E-state index < -0.39 is 12.0 Å². The average molecular weight is 344 g/mol. The van der Waals surface area contributed by atoms with Crippen LogP contribution < -0.4 is 10.2 Å². The van der Waals surface area contributed by atoms with Gasteiger partial charge in [-0.2, -0.15) is 0 Å². The van der Waals surface area contributed by atoms with Gasteiger partial charge in [-0.05, 0) is 38.3 Å². The summed E-state index contributed by atoms with van der Waals surface area (Å²) in [5.74, 6) is -0.586. The number of benzene rings is 1. The molecule has 2 rings (SSSR count). The van der Waals surface area contributed by atoms with Gasteiger partial charge in [0.05, 0.1) is 7.11 Å². The van der Waals surface area contributed by atoms with E-state index >= 15 is 0 Å². The van der Waals surface area contributed by atoms with E-state index in [1.54, 1.807) is 0 Å². The van der Waals surface area contributed by atoms with Gasteiger partial charge in [-0.3, -0.25) is 4.79 Å². The summed E-state index contributed by atoms with van der Waals surface area (Å²) in [6.07, 6.45) is 0.651. The lowest BCUT2D eigenvalue weighted by Gasteiger charge is -2.38. The highest BCUT2D eigenvalue weighted by atomic mass is 16.5. The molecule has 0 saturated carbocycles. The van der Waals surface area contributed by atoms with E-state index in [4.69, 9.17) is 4.74 Å². The minimum atomic E-state index is -0.637. The first-order valence-corrected chi connectivity index (χ1v) is 8.70. The van der Waals surface area contributed by atoms with Crippen molar-refractivity contribution in [3.63, 3.8) is 0 Å². The molecule has 25 heavy (non-hydrogen) atoms. The summed E-state index contributed by atoms with van der Waals surface area (Å²) in [7, 11) is 1.34. The van der Waals surface area contributed by atoms with Crippen LogP contribution >= 0.6 is 0 Å². The maximum absolute atomic E-state index is 13.0. The summed E-state index contributed by atoms with van der Waals surface area (Å²) in [5, 5.41) is 2.89. The normalized spacial score (nSPS) is 19.0. The van der Waals surface area contributed by atoms with E-state index in [9.17, 15) is 9.59 Å². The largest absolute Gasteiger partial charge is 0.467 e. The molecule has 5 heteroatoms. The molecule has 5 nitrogen and oxygen atoms in total. The zero-order chi connectivity index (χ0) is 18.6. The summed E-state index contributed by atoms with van der Waals surface area (Å²) in [6, 6.07) is 8.94.